The number of rotatable bonds is 3. The van der Waals surface area contributed by atoms with Gasteiger partial charge in [0.05, 0.1) is 6.61 Å². The zero-order valence-corrected chi connectivity index (χ0v) is 10.8. The van der Waals surface area contributed by atoms with Gasteiger partial charge in [-0.15, -0.1) is 0 Å². The number of fused-ring (bicyclic) bond motifs is 1. The molecule has 2 heterocycles. The van der Waals surface area contributed by atoms with Gasteiger partial charge in [0.2, 0.25) is 5.82 Å². The van der Waals surface area contributed by atoms with E-state index in [4.69, 9.17) is 4.74 Å². The summed E-state index contributed by atoms with van der Waals surface area (Å²) in [5.41, 5.74) is -1.30. The van der Waals surface area contributed by atoms with Crippen molar-refractivity contribution in [2.24, 2.45) is 0 Å². The molecule has 0 spiro atoms. The molecule has 19 heavy (non-hydrogen) atoms. The van der Waals surface area contributed by atoms with Crippen LogP contribution in [0, 0.1) is 12.1 Å². The fourth-order valence-electron chi connectivity index (χ4n) is 1.95. The number of nitrogens with zero attached hydrogens (tertiary/aromatic N) is 3. The number of ether oxygens (including phenoxy) is 1. The second-order valence-corrected chi connectivity index (χ2v) is 3.81. The molecule has 0 aliphatic rings. The van der Waals surface area contributed by atoms with Gasteiger partial charge in [0.1, 0.15) is 0 Å². The SMILES string of the molecule is CCOC(=O)c1c(=O)o[n+]([O-])c2nc(C)n(CC)c12. The minimum Gasteiger partial charge on any atom is -0.462 e. The van der Waals surface area contributed by atoms with E-state index >= 15 is 0 Å². The Morgan fingerprint density at radius 2 is 2.21 bits per heavy atom. The molecule has 0 unspecified atom stereocenters. The fraction of sp³-hybridized carbons (Fsp3) is 0.455. The molecule has 0 aliphatic carbocycles. The molecule has 8 heteroatoms. The first-order chi connectivity index (χ1) is 9.01. The van der Waals surface area contributed by atoms with E-state index in [0.29, 0.717) is 12.4 Å². The molecule has 0 saturated carbocycles. The summed E-state index contributed by atoms with van der Waals surface area (Å²) in [6.45, 7) is 5.68. The maximum absolute atomic E-state index is 11.8. The van der Waals surface area contributed by atoms with Gasteiger partial charge in [-0.05, 0) is 23.7 Å². The number of aryl methyl sites for hydroxylation is 2. The number of imidazole rings is 1. The summed E-state index contributed by atoms with van der Waals surface area (Å²) in [6.07, 6.45) is 0. The second-order valence-electron chi connectivity index (χ2n) is 3.81. The van der Waals surface area contributed by atoms with Crippen LogP contribution in [0.2, 0.25) is 0 Å². The Labute approximate surface area is 107 Å². The van der Waals surface area contributed by atoms with Gasteiger partial charge in [-0.3, -0.25) is 4.79 Å². The lowest BCUT2D eigenvalue weighted by Crippen LogP contribution is -2.35. The minimum atomic E-state index is -1.03. The molecular weight excluding hydrogens is 254 g/mol. The van der Waals surface area contributed by atoms with Crippen molar-refractivity contribution in [1.82, 2.24) is 9.55 Å². The number of hydrogen-bond donors (Lipinski definition) is 0. The van der Waals surface area contributed by atoms with Crippen LogP contribution in [0.1, 0.15) is 30.0 Å². The van der Waals surface area contributed by atoms with Crippen LogP contribution in [-0.4, -0.2) is 22.1 Å². The Balaban J connectivity index is 2.89. The molecular formula is C11H13N3O5. The van der Waals surface area contributed by atoms with Crippen molar-refractivity contribution in [3.05, 3.63) is 27.0 Å². The fourth-order valence-corrected chi connectivity index (χ4v) is 1.95. The van der Waals surface area contributed by atoms with Gasteiger partial charge in [0.25, 0.3) is 5.63 Å². The summed E-state index contributed by atoms with van der Waals surface area (Å²) < 4.78 is 10.8. The lowest BCUT2D eigenvalue weighted by molar-refractivity contribution is -0.780. The topological polar surface area (TPSA) is 101 Å². The van der Waals surface area contributed by atoms with Crippen LogP contribution < -0.4 is 10.5 Å². The predicted molar refractivity (Wildman–Crippen MR) is 63.6 cm³/mol. The summed E-state index contributed by atoms with van der Waals surface area (Å²) in [7, 11) is 0. The summed E-state index contributed by atoms with van der Waals surface area (Å²) >= 11 is 0. The van der Waals surface area contributed by atoms with Gasteiger partial charge in [0, 0.05) is 13.5 Å². The van der Waals surface area contributed by atoms with E-state index in [2.05, 4.69) is 9.51 Å². The van der Waals surface area contributed by atoms with Gasteiger partial charge in [-0.1, -0.05) is 0 Å². The van der Waals surface area contributed by atoms with Gasteiger partial charge in [-0.2, -0.15) is 0 Å². The van der Waals surface area contributed by atoms with Gasteiger partial charge >= 0.3 is 11.6 Å². The molecule has 0 N–H and O–H groups in total. The Bertz CT molecular complexity index is 700. The molecule has 2 aromatic rings. The Morgan fingerprint density at radius 1 is 1.53 bits per heavy atom. The summed E-state index contributed by atoms with van der Waals surface area (Å²) in [5.74, 6) is -0.315. The minimum absolute atomic E-state index is 0.0134. The van der Waals surface area contributed by atoms with E-state index in [1.54, 1.807) is 18.4 Å². The van der Waals surface area contributed by atoms with E-state index in [0.717, 1.165) is 0 Å². The largest absolute Gasteiger partial charge is 0.462 e. The molecule has 0 aromatic carbocycles. The molecule has 0 aliphatic heterocycles. The van der Waals surface area contributed by atoms with Crippen molar-refractivity contribution in [3.8, 4) is 0 Å². The second kappa shape index (κ2) is 4.71. The standard InChI is InChI=1S/C11H13N3O5/c1-4-13-6(3)12-9-8(13)7(10(15)18-5-2)11(16)19-14(9)17/h4-5H2,1-3H3. The Kier molecular flexibility index (Phi) is 3.24. The predicted octanol–water partition coefficient (Wildman–Crippen LogP) is 0.128. The summed E-state index contributed by atoms with van der Waals surface area (Å²) in [4.78, 5) is 27.6. The maximum atomic E-state index is 11.8. The number of carbonyl (C=O) groups is 1. The lowest BCUT2D eigenvalue weighted by Gasteiger charge is -2.06. The quantitative estimate of drug-likeness (QED) is 0.578. The monoisotopic (exact) mass is 267 g/mol. The first-order valence-electron chi connectivity index (χ1n) is 5.82. The molecule has 0 amide bonds. The molecule has 2 aromatic heterocycles. The van der Waals surface area contributed by atoms with E-state index < -0.39 is 11.6 Å². The van der Waals surface area contributed by atoms with E-state index in [-0.39, 0.29) is 28.2 Å². The number of esters is 1. The molecule has 0 atom stereocenters. The van der Waals surface area contributed by atoms with Crippen LogP contribution >= 0.6 is 0 Å². The molecule has 102 valence electrons. The van der Waals surface area contributed by atoms with E-state index in [1.165, 1.54) is 0 Å². The van der Waals surface area contributed by atoms with Crippen molar-refractivity contribution < 1.29 is 19.0 Å². The highest BCUT2D eigenvalue weighted by Crippen LogP contribution is 2.16. The zero-order chi connectivity index (χ0) is 14.2. The number of hydrogen-bond acceptors (Lipinski definition) is 6. The Morgan fingerprint density at radius 3 is 2.79 bits per heavy atom. The molecule has 0 fully saturated rings. The third-order valence-electron chi connectivity index (χ3n) is 2.72. The molecule has 0 radical (unpaired) electrons. The summed E-state index contributed by atoms with van der Waals surface area (Å²) in [5, 5.41) is 11.5. The van der Waals surface area contributed by atoms with Crippen LogP contribution in [0.5, 0.6) is 0 Å². The Hall–Kier alpha value is -2.38. The van der Waals surface area contributed by atoms with Crippen molar-refractivity contribution in [3.63, 3.8) is 0 Å². The third-order valence-corrected chi connectivity index (χ3v) is 2.72. The van der Waals surface area contributed by atoms with Crippen molar-refractivity contribution in [2.45, 2.75) is 27.3 Å². The molecule has 0 saturated heterocycles. The highest BCUT2D eigenvalue weighted by atomic mass is 16.7. The van der Waals surface area contributed by atoms with Gasteiger partial charge in [-0.25, -0.2) is 4.79 Å². The smallest absolute Gasteiger partial charge is 0.390 e. The van der Waals surface area contributed by atoms with Crippen LogP contribution in [0.15, 0.2) is 9.32 Å². The van der Waals surface area contributed by atoms with Gasteiger partial charge < -0.3 is 19.0 Å². The lowest BCUT2D eigenvalue weighted by atomic mass is 10.2. The maximum Gasteiger partial charge on any atom is 0.390 e. The van der Waals surface area contributed by atoms with Crippen LogP contribution in [0.4, 0.5) is 0 Å². The average molecular weight is 267 g/mol. The highest BCUT2D eigenvalue weighted by Gasteiger charge is 2.27. The van der Waals surface area contributed by atoms with Gasteiger partial charge in [0.15, 0.2) is 11.1 Å². The van der Waals surface area contributed by atoms with Crippen LogP contribution in [0.3, 0.4) is 0 Å². The average Bonchev–Trinajstić information content (AvgIpc) is 2.66. The zero-order valence-electron chi connectivity index (χ0n) is 10.8. The van der Waals surface area contributed by atoms with Crippen LogP contribution in [0.25, 0.3) is 11.2 Å². The van der Waals surface area contributed by atoms with Crippen molar-refractivity contribution in [2.75, 3.05) is 6.61 Å². The normalized spacial score (nSPS) is 10.9. The summed E-state index contributed by atoms with van der Waals surface area (Å²) in [6, 6.07) is 0. The molecule has 8 nitrogen and oxygen atoms in total. The first-order valence-corrected chi connectivity index (χ1v) is 5.82. The highest BCUT2D eigenvalue weighted by molar-refractivity contribution is 5.99. The molecule has 0 bridgehead atoms. The van der Waals surface area contributed by atoms with E-state index in [9.17, 15) is 14.8 Å². The van der Waals surface area contributed by atoms with Crippen molar-refractivity contribution in [1.29, 1.82) is 0 Å². The first kappa shape index (κ1) is 13.1. The van der Waals surface area contributed by atoms with Crippen molar-refractivity contribution >= 4 is 17.1 Å². The van der Waals surface area contributed by atoms with Crippen LogP contribution in [-0.2, 0) is 11.3 Å². The van der Waals surface area contributed by atoms with E-state index in [1.807, 2.05) is 6.92 Å². The number of aromatic nitrogens is 3. The number of carbonyl (C=O) groups excluding carboxylic acids is 1. The molecule has 2 rings (SSSR count). The third kappa shape index (κ3) is 1.94.